The summed E-state index contributed by atoms with van der Waals surface area (Å²) < 4.78 is 4.63. The molecule has 0 atom stereocenters. The Morgan fingerprint density at radius 1 is 1.50 bits per heavy atom. The van der Waals surface area contributed by atoms with Crippen LogP contribution in [0.3, 0.4) is 0 Å². The minimum Gasteiger partial charge on any atom is -0.463 e. The Morgan fingerprint density at radius 3 is 2.12 bits per heavy atom. The molecule has 1 radical (unpaired) electrons. The van der Waals surface area contributed by atoms with Crippen molar-refractivity contribution in [1.82, 2.24) is 0 Å². The summed E-state index contributed by atoms with van der Waals surface area (Å²) >= 11 is 0. The molecule has 0 spiro atoms. The highest BCUT2D eigenvalue weighted by Crippen LogP contribution is 1.99. The van der Waals surface area contributed by atoms with E-state index in [4.69, 9.17) is 0 Å². The molecule has 0 saturated carbocycles. The van der Waals surface area contributed by atoms with Crippen molar-refractivity contribution in [2.24, 2.45) is 0 Å². The lowest BCUT2D eigenvalue weighted by atomic mass is 10.4. The molecule has 47 valence electrons. The molecule has 0 aliphatic heterocycles. The third kappa shape index (κ3) is 2.50. The van der Waals surface area contributed by atoms with E-state index in [1.54, 1.807) is 20.8 Å². The van der Waals surface area contributed by atoms with E-state index < -0.39 is 0 Å². The molecule has 0 fully saturated rings. The minimum absolute atomic E-state index is 0.201. The fourth-order valence-electron chi connectivity index (χ4n) is 0.275. The summed E-state index contributed by atoms with van der Waals surface area (Å²) in [6.45, 7) is 5.72. The Labute approximate surface area is 49.8 Å². The van der Waals surface area contributed by atoms with Crippen molar-refractivity contribution in [3.63, 3.8) is 0 Å². The quantitative estimate of drug-likeness (QED) is 0.503. The summed E-state index contributed by atoms with van der Waals surface area (Å²) in [5.41, 5.74) is 0.701. The highest BCUT2D eigenvalue weighted by molar-refractivity contribution is 4.92. The Balaban J connectivity index is 3.62. The molecule has 0 rings (SSSR count). The third-order valence-corrected chi connectivity index (χ3v) is 0.684. The predicted octanol–water partition coefficient (Wildman–Crippen LogP) is 1.70. The number of rotatable bonds is 2. The largest absolute Gasteiger partial charge is 0.463 e. The van der Waals surface area contributed by atoms with E-state index in [1.807, 2.05) is 0 Å². The average molecular weight is 115 g/mol. The van der Waals surface area contributed by atoms with Gasteiger partial charge in [0.15, 0.2) is 0 Å². The van der Waals surface area contributed by atoms with Crippen LogP contribution in [0.25, 0.3) is 0 Å². The minimum atomic E-state index is -0.201. The van der Waals surface area contributed by atoms with Gasteiger partial charge < -0.3 is 4.74 Å². The van der Waals surface area contributed by atoms with Crippen LogP contribution in [0.5, 0.6) is 0 Å². The molecule has 0 aromatic heterocycles. The second-order valence-corrected chi connectivity index (χ2v) is 1.72. The molecule has 0 aromatic carbocycles. The molecule has 0 saturated heterocycles. The van der Waals surface area contributed by atoms with Crippen molar-refractivity contribution >= 4 is 0 Å². The number of hydrogen-bond acceptors (Lipinski definition) is 1. The molecule has 0 heterocycles. The van der Waals surface area contributed by atoms with Gasteiger partial charge in [0.25, 0.3) is 0 Å². The first-order chi connectivity index (χ1) is 3.68. The van der Waals surface area contributed by atoms with Gasteiger partial charge in [0.05, 0.1) is 6.61 Å². The predicted molar refractivity (Wildman–Crippen MR) is 30.7 cm³/mol. The Bertz CT molecular complexity index is 90.7. The summed E-state index contributed by atoms with van der Waals surface area (Å²) in [4.78, 5) is 0. The van der Waals surface area contributed by atoms with E-state index in [9.17, 15) is 5.11 Å². The van der Waals surface area contributed by atoms with Crippen molar-refractivity contribution in [3.8, 4) is 0 Å². The number of ether oxygens (including phenoxy) is 1. The zero-order valence-electron chi connectivity index (χ0n) is 5.52. The summed E-state index contributed by atoms with van der Waals surface area (Å²) in [5.74, 6) is -0.201. The molecule has 2 nitrogen and oxygen atoms in total. The Morgan fingerprint density at radius 2 is 2.00 bits per heavy atom. The highest BCUT2D eigenvalue weighted by Gasteiger charge is 1.94. The molecular formula is C6H11O2. The maximum atomic E-state index is 10.5. The van der Waals surface area contributed by atoms with Crippen LogP contribution in [-0.2, 0) is 9.84 Å². The number of allylic oxidation sites excluding steroid dienone is 1. The van der Waals surface area contributed by atoms with Gasteiger partial charge in [-0.2, -0.15) is 0 Å². The summed E-state index contributed by atoms with van der Waals surface area (Å²) in [6.07, 6.45) is 0. The van der Waals surface area contributed by atoms with Crippen molar-refractivity contribution in [2.45, 2.75) is 20.8 Å². The molecule has 0 bridgehead atoms. The molecule has 0 aliphatic carbocycles. The molecule has 8 heavy (non-hydrogen) atoms. The summed E-state index contributed by atoms with van der Waals surface area (Å²) in [6, 6.07) is 0. The van der Waals surface area contributed by atoms with Crippen LogP contribution in [0.4, 0.5) is 0 Å². The number of hydrogen-bond donors (Lipinski definition) is 0. The topological polar surface area (TPSA) is 29.1 Å². The van der Waals surface area contributed by atoms with Crippen LogP contribution in [0, 0.1) is 0 Å². The maximum Gasteiger partial charge on any atom is 0.329 e. The lowest BCUT2D eigenvalue weighted by Gasteiger charge is -1.96. The van der Waals surface area contributed by atoms with Crippen LogP contribution in [0.2, 0.25) is 0 Å². The molecule has 0 N–H and O–H groups in total. The van der Waals surface area contributed by atoms with Crippen LogP contribution in [-0.4, -0.2) is 6.61 Å². The van der Waals surface area contributed by atoms with Gasteiger partial charge in [-0.3, -0.25) is 0 Å². The van der Waals surface area contributed by atoms with Crippen LogP contribution in [0.15, 0.2) is 11.5 Å². The van der Waals surface area contributed by atoms with Crippen LogP contribution >= 0.6 is 0 Å². The lowest BCUT2D eigenvalue weighted by molar-refractivity contribution is 0.0559. The maximum absolute atomic E-state index is 10.5. The fourth-order valence-corrected chi connectivity index (χ4v) is 0.275. The fraction of sp³-hybridized carbons (Fsp3) is 0.667. The van der Waals surface area contributed by atoms with E-state index in [-0.39, 0.29) is 5.95 Å². The van der Waals surface area contributed by atoms with E-state index in [1.165, 1.54) is 0 Å². The molecule has 0 aromatic rings. The van der Waals surface area contributed by atoms with Gasteiger partial charge in [0, 0.05) is 5.57 Å². The van der Waals surface area contributed by atoms with Crippen molar-refractivity contribution in [3.05, 3.63) is 11.5 Å². The first-order valence-electron chi connectivity index (χ1n) is 2.65. The first kappa shape index (κ1) is 7.34. The van der Waals surface area contributed by atoms with E-state index in [2.05, 4.69) is 4.74 Å². The van der Waals surface area contributed by atoms with Gasteiger partial charge in [0.1, 0.15) is 0 Å². The first-order valence-corrected chi connectivity index (χ1v) is 2.65. The third-order valence-electron chi connectivity index (χ3n) is 0.684. The zero-order valence-corrected chi connectivity index (χ0v) is 5.52. The van der Waals surface area contributed by atoms with Crippen molar-refractivity contribution in [1.29, 1.82) is 0 Å². The van der Waals surface area contributed by atoms with E-state index in [0.29, 0.717) is 12.2 Å². The molecule has 2 heteroatoms. The normalized spacial score (nSPS) is 8.38. The van der Waals surface area contributed by atoms with Crippen molar-refractivity contribution < 1.29 is 9.84 Å². The molecular weight excluding hydrogens is 104 g/mol. The summed E-state index contributed by atoms with van der Waals surface area (Å²) in [5, 5.41) is 10.5. The monoisotopic (exact) mass is 115 g/mol. The smallest absolute Gasteiger partial charge is 0.329 e. The van der Waals surface area contributed by atoms with Gasteiger partial charge in [-0.1, -0.05) is 0 Å². The van der Waals surface area contributed by atoms with Gasteiger partial charge in [-0.25, -0.2) is 5.11 Å². The Kier molecular flexibility index (Phi) is 3.08. The highest BCUT2D eigenvalue weighted by atomic mass is 16.6. The molecule has 0 aliphatic rings. The zero-order chi connectivity index (χ0) is 6.57. The van der Waals surface area contributed by atoms with Gasteiger partial charge in [0.2, 0.25) is 0 Å². The van der Waals surface area contributed by atoms with Crippen LogP contribution < -0.4 is 0 Å². The van der Waals surface area contributed by atoms with Gasteiger partial charge in [-0.15, -0.1) is 0 Å². The van der Waals surface area contributed by atoms with Crippen LogP contribution in [0.1, 0.15) is 20.8 Å². The Hall–Kier alpha value is -0.660. The second-order valence-electron chi connectivity index (χ2n) is 1.72. The van der Waals surface area contributed by atoms with Crippen molar-refractivity contribution in [2.75, 3.05) is 6.61 Å². The second kappa shape index (κ2) is 3.36. The SMILES string of the molecule is CCOC([O])=C(C)C. The van der Waals surface area contributed by atoms with Gasteiger partial charge >= 0.3 is 5.95 Å². The molecule has 0 unspecified atom stereocenters. The van der Waals surface area contributed by atoms with E-state index in [0.717, 1.165) is 0 Å². The van der Waals surface area contributed by atoms with E-state index >= 15 is 0 Å². The lowest BCUT2D eigenvalue weighted by Crippen LogP contribution is -1.89. The molecule has 0 amide bonds. The standard InChI is InChI=1S/C6H11O2/c1-4-8-6(7)5(2)3/h4H2,1-3H3. The average Bonchev–Trinajstić information content (AvgIpc) is 1.67. The van der Waals surface area contributed by atoms with Gasteiger partial charge in [-0.05, 0) is 20.8 Å². The summed E-state index contributed by atoms with van der Waals surface area (Å²) in [7, 11) is 0.